The number of esters is 4. The molecule has 0 bridgehead atoms. The van der Waals surface area contributed by atoms with Gasteiger partial charge in [0.15, 0.2) is 5.78 Å². The van der Waals surface area contributed by atoms with Crippen molar-refractivity contribution in [3.63, 3.8) is 0 Å². The number of hydrogen-bond donors (Lipinski definition) is 9. The molecular formula is C81H161O34+. The number of carbonyl (C=O) groups excluding carboxylic acids is 10. The summed E-state index contributed by atoms with van der Waals surface area (Å²) in [4.78, 5) is 156. The number of rotatable bonds is 21. The summed E-state index contributed by atoms with van der Waals surface area (Å²) in [6.07, 6.45) is 31.5. The Hall–Kier alpha value is -9.68. The molecular weight excluding hydrogens is 1520 g/mol. The maximum Gasteiger partial charge on any atom is 0.331 e. The summed E-state index contributed by atoms with van der Waals surface area (Å²) in [7, 11) is 0. The fraction of sp³-hybridized carbons (Fsp3) is 0.605. The first kappa shape index (κ1) is 154. The number of aliphatic carboxylic acids is 6. The third-order valence-electron chi connectivity index (χ3n) is 10.7. The lowest BCUT2D eigenvalue weighted by molar-refractivity contribution is -0.181. The molecule has 34 nitrogen and oxygen atoms in total. The van der Waals surface area contributed by atoms with Gasteiger partial charge < -0.3 is 111 Å². The van der Waals surface area contributed by atoms with Gasteiger partial charge in [-0.25, -0.2) is 9.59 Å². The van der Waals surface area contributed by atoms with Crippen molar-refractivity contribution in [2.75, 3.05) is 13.2 Å². The number of carboxylic acids is 6. The van der Waals surface area contributed by atoms with E-state index in [-0.39, 0.29) is 146 Å². The van der Waals surface area contributed by atoms with Crippen molar-refractivity contribution in [3.8, 4) is 0 Å². The Bertz CT molecular complexity index is 2590. The van der Waals surface area contributed by atoms with E-state index in [1.54, 1.807) is 64.2 Å². The van der Waals surface area contributed by atoms with Crippen LogP contribution in [0.2, 0.25) is 0 Å². The maximum atomic E-state index is 10.3. The zero-order chi connectivity index (χ0) is 88.3. The molecule has 18 N–H and O–H groups in total. The molecule has 0 radical (unpaired) electrons. The quantitative estimate of drug-likeness (QED) is 0.0169. The standard InChI is InChI=1S/C5H8O3.C5H10O3.C5H8O3.C5H8O2.2C5H6O2.C5H10O2.3C5H8O2.C5H10O.C4H8O2.C4H8O.C4H6O.2C4H8.C3H6O.CH2O.2CH4.4H2O.4H2/c1-5(7)3-2-4(6)8-5;2*1-4(6)2-3-5(7)8;3*1-4-2-3-5(6)7-4;4*1-2-3-4-5(6)7;1-5-3-2-4-6-5;1-4(6)2-3-5;2*1-3-4(2)5;2*1-3-4-2;1-3(2)4;1-2;;;;;;;;;;/h7H,2-3H2,1H3;4,6H,2-3H2,1H3,(H,7,8);2-3H2,1H3,(H,7,8);4H,2-3H2,1H3;2H,3H2,1H3;2-4H,1H3;2-4H2,1H3,(H,6,7);3-4H,2H2,1H3,(H,6,7);2-3H,4H2,1H3,(H,6,7);2H,1,3-4H2,(H,6,7);5H,2-4H2,1H3;5H,2-3H2,1H3;3H2,1-2H3;3H,1H2,2H3;3-4H,1-2H3;3H,1,4H2,2H3;1-2H3;1H2;2*1H4;4*1H2;4*1H/p+1/b;;;;;;;4-3+;3-2+;;;;;;4-3+;;;;;;;;;;;;;. The van der Waals surface area contributed by atoms with Crippen molar-refractivity contribution in [2.45, 2.75) is 311 Å². The predicted molar refractivity (Wildman–Crippen MR) is 455 cm³/mol. The predicted octanol–water partition coefficient (Wildman–Crippen LogP) is 12.4. The second-order valence-corrected chi connectivity index (χ2v) is 22.5. The van der Waals surface area contributed by atoms with Gasteiger partial charge in [0, 0.05) is 89.4 Å². The highest BCUT2D eigenvalue weighted by atomic mass is 16.7. The summed E-state index contributed by atoms with van der Waals surface area (Å²) >= 11 is 0. The molecule has 3 saturated heterocycles. The van der Waals surface area contributed by atoms with Gasteiger partial charge in [0.1, 0.15) is 41.8 Å². The summed E-state index contributed by atoms with van der Waals surface area (Å²) in [5.74, 6) is -5.66. The summed E-state index contributed by atoms with van der Waals surface area (Å²) in [6.45, 7) is 46.2. The summed E-state index contributed by atoms with van der Waals surface area (Å²) < 4.78 is 23.5. The molecule has 5 aliphatic heterocycles. The second-order valence-electron chi connectivity index (χ2n) is 22.5. The van der Waals surface area contributed by atoms with Crippen molar-refractivity contribution < 1.29 is 174 Å². The van der Waals surface area contributed by atoms with Crippen LogP contribution in [0.5, 0.6) is 0 Å². The molecule has 5 heterocycles. The van der Waals surface area contributed by atoms with E-state index in [1.165, 1.54) is 66.5 Å². The number of carboxylic acid groups (broad SMARTS) is 6. The largest absolute Gasteiger partial charge is 0.481 e. The van der Waals surface area contributed by atoms with Gasteiger partial charge in [0.05, 0.1) is 44.0 Å². The van der Waals surface area contributed by atoms with Crippen molar-refractivity contribution in [1.29, 1.82) is 0 Å². The number of carbonyl (C=O) groups is 16. The van der Waals surface area contributed by atoms with Gasteiger partial charge in [-0.2, -0.15) is 0 Å². The van der Waals surface area contributed by atoms with Crippen LogP contribution in [0, 0.1) is 0 Å². The van der Waals surface area contributed by atoms with Crippen LogP contribution in [-0.4, -0.2) is 201 Å². The molecule has 0 aromatic carbocycles. The molecule has 0 aromatic rings. The number of aliphatic hydroxyl groups is 3. The fourth-order valence-electron chi connectivity index (χ4n) is 4.81. The molecule has 5 atom stereocenters. The van der Waals surface area contributed by atoms with E-state index >= 15 is 0 Å². The highest BCUT2D eigenvalue weighted by Crippen LogP contribution is 2.22. The Morgan fingerprint density at radius 2 is 1.08 bits per heavy atom. The van der Waals surface area contributed by atoms with Gasteiger partial charge in [-0.15, -0.1) is 13.2 Å². The van der Waals surface area contributed by atoms with Crippen molar-refractivity contribution >= 4 is 95.4 Å². The zero-order valence-corrected chi connectivity index (χ0v) is 70.5. The van der Waals surface area contributed by atoms with E-state index in [0.717, 1.165) is 50.5 Å². The summed E-state index contributed by atoms with van der Waals surface area (Å²) in [6, 6.07) is 0. The second kappa shape index (κ2) is 120. The van der Waals surface area contributed by atoms with Gasteiger partial charge in [0.25, 0.3) is 0 Å². The average Bonchev–Trinajstić information content (AvgIpc) is 1.74. The molecule has 0 aliphatic carbocycles. The number of unbranched alkanes of at least 4 members (excludes halogenated alkanes) is 1. The highest BCUT2D eigenvalue weighted by Gasteiger charge is 2.32. The Balaban J connectivity index is -0.0000000391. The van der Waals surface area contributed by atoms with E-state index in [9.17, 15) is 71.9 Å². The molecule has 688 valence electrons. The van der Waals surface area contributed by atoms with E-state index in [2.05, 4.69) is 47.8 Å². The lowest BCUT2D eigenvalue weighted by atomic mass is 10.2. The van der Waals surface area contributed by atoms with Gasteiger partial charge >= 0.3 is 59.7 Å². The normalized spacial score (nSPS) is 14.7. The Kier molecular flexibility index (Phi) is 161. The van der Waals surface area contributed by atoms with Gasteiger partial charge in [-0.3, -0.25) is 47.9 Å². The first-order valence-corrected chi connectivity index (χ1v) is 35.1. The highest BCUT2D eigenvalue weighted by molar-refractivity contribution is 5.86. The molecule has 5 rings (SSSR count). The van der Waals surface area contributed by atoms with Crippen LogP contribution >= 0.6 is 0 Å². The SMILES string of the molecule is C.C.C/C=C/C.C/C=C/CC(=O)O.C=CC(C)=O.C=CCC.C=CCCC(=O)O.C=O.CC(=O)CCC(=O)O.CC(=O)CCO.CC(C)=O.CC(O)CCC(=O)O.CC/C=C/C(=O)O.CC1(O)CCC(=O)O1.CC1=CCC(=O)O1.CC1C=CC(=O)O1.CC1CCC(=O)O1.CC1CCCO1.CCC(C)=O.CCCCC(=O)O.O.O.O.[HH].[HH].[HH].[HH].[OH3+]. The molecule has 0 aromatic heterocycles. The lowest BCUT2D eigenvalue weighted by Gasteiger charge is -2.12. The monoisotopic (exact) mass is 1680 g/mol. The molecule has 0 amide bonds. The third-order valence-corrected chi connectivity index (χ3v) is 10.7. The Morgan fingerprint density at radius 1 is 0.626 bits per heavy atom. The number of allylic oxidation sites excluding steroid dienone is 8. The van der Waals surface area contributed by atoms with Crippen LogP contribution in [0.4, 0.5) is 0 Å². The van der Waals surface area contributed by atoms with E-state index < -0.39 is 47.7 Å². The minimum Gasteiger partial charge on any atom is -0.481 e. The minimum atomic E-state index is -1.18. The Morgan fingerprint density at radius 3 is 1.17 bits per heavy atom. The van der Waals surface area contributed by atoms with Crippen LogP contribution in [0.25, 0.3) is 0 Å². The van der Waals surface area contributed by atoms with Crippen LogP contribution in [-0.2, 0) is 106 Å². The summed E-state index contributed by atoms with van der Waals surface area (Å²) in [5.41, 5.74) is 0. The van der Waals surface area contributed by atoms with Gasteiger partial charge in [0.2, 0.25) is 5.79 Å². The molecule has 0 saturated carbocycles. The van der Waals surface area contributed by atoms with Crippen LogP contribution in [0.1, 0.15) is 287 Å². The first-order chi connectivity index (χ1) is 50.6. The van der Waals surface area contributed by atoms with E-state index in [1.807, 2.05) is 73.5 Å². The average molecular weight is 1680 g/mol. The van der Waals surface area contributed by atoms with Crippen molar-refractivity contribution in [3.05, 3.63) is 98.4 Å². The van der Waals surface area contributed by atoms with Crippen LogP contribution < -0.4 is 0 Å². The molecule has 5 aliphatic rings. The van der Waals surface area contributed by atoms with Crippen LogP contribution in [0.15, 0.2) is 98.4 Å². The van der Waals surface area contributed by atoms with Crippen LogP contribution in [0.3, 0.4) is 0 Å². The molecule has 3 fully saturated rings. The first-order valence-electron chi connectivity index (χ1n) is 35.1. The lowest BCUT2D eigenvalue weighted by Crippen LogP contribution is -2.21. The molecule has 0 spiro atoms. The molecule has 115 heavy (non-hydrogen) atoms. The smallest absolute Gasteiger partial charge is 0.331 e. The molecule has 5 unspecified atom stereocenters. The number of aliphatic hydroxyl groups excluding tert-OH is 2. The maximum absolute atomic E-state index is 10.3. The summed E-state index contributed by atoms with van der Waals surface area (Å²) in [5, 5.41) is 73.5. The van der Waals surface area contributed by atoms with E-state index in [0.29, 0.717) is 63.9 Å². The number of ketones is 5. The molecule has 34 heteroatoms. The van der Waals surface area contributed by atoms with Crippen molar-refractivity contribution in [2.24, 2.45) is 0 Å². The zero-order valence-electron chi connectivity index (χ0n) is 70.5. The van der Waals surface area contributed by atoms with Gasteiger partial charge in [-0.05, 0) is 167 Å². The third kappa shape index (κ3) is 221. The van der Waals surface area contributed by atoms with Gasteiger partial charge in [-0.1, -0.05) is 98.1 Å². The van der Waals surface area contributed by atoms with E-state index in [4.69, 9.17) is 60.2 Å². The van der Waals surface area contributed by atoms with Crippen molar-refractivity contribution in [1.82, 2.24) is 0 Å². The topological polar surface area (TPSA) is 629 Å². The number of hydrogen-bond acceptors (Lipinski definition) is 24. The number of Topliss-reactive ketones (excluding diaryl/α,β-unsaturated/α-hetero) is 4. The minimum absolute atomic E-state index is 0. The number of ether oxygens (including phenoxy) is 5. The number of cyclic esters (lactones) is 4. The fourth-order valence-corrected chi connectivity index (χ4v) is 4.81. The Labute approximate surface area is 690 Å².